The van der Waals surface area contributed by atoms with Crippen LogP contribution >= 0.6 is 11.8 Å². The molecule has 13 heteroatoms. The Hall–Kier alpha value is -3.06. The molecule has 0 spiro atoms. The van der Waals surface area contributed by atoms with Gasteiger partial charge in [-0.15, -0.1) is 11.8 Å². The maximum absolute atomic E-state index is 12.5. The summed E-state index contributed by atoms with van der Waals surface area (Å²) in [5, 5.41) is 14.8. The van der Waals surface area contributed by atoms with E-state index in [1.54, 1.807) is 33.7 Å². The Balaban J connectivity index is 0.000000501. The normalized spacial score (nSPS) is 18.7. The van der Waals surface area contributed by atoms with Crippen LogP contribution in [0.4, 0.5) is 0 Å². The minimum absolute atomic E-state index is 0.0776. The lowest BCUT2D eigenvalue weighted by Crippen LogP contribution is -2.52. The molecule has 2 aliphatic rings. The third-order valence-electron chi connectivity index (χ3n) is 4.61. The number of methoxy groups -OCH3 is 1. The number of hydrogen-bond donors (Lipinski definition) is 2. The van der Waals surface area contributed by atoms with Gasteiger partial charge in [-0.05, 0) is 12.1 Å². The quantitative estimate of drug-likeness (QED) is 0.433. The smallest absolute Gasteiger partial charge is 0.414 e. The lowest BCUT2D eigenvalue weighted by molar-refractivity contribution is -0.159. The van der Waals surface area contributed by atoms with E-state index in [-0.39, 0.29) is 24.3 Å². The van der Waals surface area contributed by atoms with E-state index in [0.29, 0.717) is 43.6 Å². The van der Waals surface area contributed by atoms with Gasteiger partial charge in [-0.1, -0.05) is 0 Å². The number of ether oxygens (including phenoxy) is 1. The van der Waals surface area contributed by atoms with Gasteiger partial charge in [-0.2, -0.15) is 0 Å². The van der Waals surface area contributed by atoms with Gasteiger partial charge in [0.05, 0.1) is 25.8 Å². The Bertz CT molecular complexity index is 794. The van der Waals surface area contributed by atoms with Crippen molar-refractivity contribution in [3.05, 3.63) is 24.2 Å². The molecule has 31 heavy (non-hydrogen) atoms. The molecule has 3 rings (SSSR count). The number of thioether (sulfide) groups is 1. The van der Waals surface area contributed by atoms with Gasteiger partial charge in [-0.3, -0.25) is 14.5 Å². The third-order valence-corrected chi connectivity index (χ3v) is 5.62. The summed E-state index contributed by atoms with van der Waals surface area (Å²) in [4.78, 5) is 60.0. The number of carbonyl (C=O) groups excluding carboxylic acids is 3. The molecule has 2 saturated heterocycles. The van der Waals surface area contributed by atoms with Crippen LogP contribution in [-0.4, -0.2) is 112 Å². The Morgan fingerprint density at radius 2 is 1.77 bits per heavy atom. The van der Waals surface area contributed by atoms with Gasteiger partial charge < -0.3 is 29.2 Å². The zero-order chi connectivity index (χ0) is 23.0. The fraction of sp³-hybridized carbons (Fsp3) is 0.500. The molecular weight excluding hydrogens is 434 g/mol. The number of rotatable bonds is 4. The van der Waals surface area contributed by atoms with Crippen LogP contribution in [0.5, 0.6) is 0 Å². The number of piperazine rings is 1. The average molecular weight is 457 g/mol. The largest absolute Gasteiger partial charge is 0.473 e. The molecule has 0 bridgehead atoms. The summed E-state index contributed by atoms with van der Waals surface area (Å²) in [5.74, 6) is -2.81. The minimum Gasteiger partial charge on any atom is -0.473 e. The Labute approximate surface area is 181 Å². The number of nitrogens with zero attached hydrogens (tertiary/aromatic N) is 3. The zero-order valence-corrected chi connectivity index (χ0v) is 17.6. The average Bonchev–Trinajstić information content (AvgIpc) is 3.45. The molecule has 0 aromatic carbocycles. The van der Waals surface area contributed by atoms with Crippen LogP contribution in [0.2, 0.25) is 0 Å². The summed E-state index contributed by atoms with van der Waals surface area (Å²) in [6.45, 7) is 2.56. The predicted molar refractivity (Wildman–Crippen MR) is 106 cm³/mol. The summed E-state index contributed by atoms with van der Waals surface area (Å²) in [6.07, 6.45) is 1.48. The summed E-state index contributed by atoms with van der Waals surface area (Å²) in [6, 6.07) is 2.84. The standard InChI is InChI=1S/C16H21N3O5S.C2H2O4/c1-23-16(22)12-10-25-11-19(12)14(20)9-17-4-6-18(7-5-17)15(21)13-3-2-8-24-13;3-1(4)2(5)6/h2-3,8,12H,4-7,9-11H2,1H3;(H,3,4)(H,5,6). The molecule has 1 aromatic heterocycles. The van der Waals surface area contributed by atoms with E-state index in [1.807, 2.05) is 4.90 Å². The van der Waals surface area contributed by atoms with Crippen molar-refractivity contribution in [1.29, 1.82) is 0 Å². The molecule has 2 aliphatic heterocycles. The van der Waals surface area contributed by atoms with Crippen molar-refractivity contribution in [1.82, 2.24) is 14.7 Å². The molecule has 2 fully saturated rings. The number of carbonyl (C=O) groups is 5. The number of hydrogen-bond acceptors (Lipinski definition) is 9. The second-order valence-corrected chi connectivity index (χ2v) is 7.56. The molecule has 1 unspecified atom stereocenters. The molecule has 1 aromatic rings. The molecule has 0 radical (unpaired) electrons. The van der Waals surface area contributed by atoms with E-state index in [4.69, 9.17) is 29.0 Å². The summed E-state index contributed by atoms with van der Waals surface area (Å²) >= 11 is 1.55. The second kappa shape index (κ2) is 11.4. The number of carboxylic acid groups (broad SMARTS) is 2. The first-order valence-corrected chi connectivity index (χ1v) is 10.4. The van der Waals surface area contributed by atoms with Gasteiger partial charge >= 0.3 is 17.9 Å². The minimum atomic E-state index is -1.82. The van der Waals surface area contributed by atoms with Crippen molar-refractivity contribution in [2.24, 2.45) is 0 Å². The van der Waals surface area contributed by atoms with Crippen LogP contribution in [0, 0.1) is 0 Å². The van der Waals surface area contributed by atoms with Crippen molar-refractivity contribution in [2.45, 2.75) is 6.04 Å². The van der Waals surface area contributed by atoms with Gasteiger partial charge in [0.1, 0.15) is 6.04 Å². The molecule has 2 N–H and O–H groups in total. The summed E-state index contributed by atoms with van der Waals surface area (Å²) < 4.78 is 9.91. The maximum Gasteiger partial charge on any atom is 0.414 e. The first-order valence-electron chi connectivity index (χ1n) is 9.21. The van der Waals surface area contributed by atoms with Gasteiger partial charge in [0, 0.05) is 31.9 Å². The lowest BCUT2D eigenvalue weighted by Gasteiger charge is -2.35. The third kappa shape index (κ3) is 6.72. The van der Waals surface area contributed by atoms with E-state index in [1.165, 1.54) is 13.4 Å². The van der Waals surface area contributed by atoms with Crippen LogP contribution in [0.1, 0.15) is 10.6 Å². The number of esters is 1. The molecule has 170 valence electrons. The van der Waals surface area contributed by atoms with E-state index in [2.05, 4.69) is 0 Å². The zero-order valence-electron chi connectivity index (χ0n) is 16.8. The number of carboxylic acids is 2. The molecule has 0 saturated carbocycles. The van der Waals surface area contributed by atoms with Crippen LogP contribution in [-0.2, 0) is 23.9 Å². The summed E-state index contributed by atoms with van der Waals surface area (Å²) in [7, 11) is 1.34. The molecule has 1 atom stereocenters. The lowest BCUT2D eigenvalue weighted by atomic mass is 10.2. The first-order chi connectivity index (χ1) is 14.7. The Morgan fingerprint density at radius 3 is 2.29 bits per heavy atom. The first kappa shape index (κ1) is 24.2. The second-order valence-electron chi connectivity index (χ2n) is 6.56. The fourth-order valence-electron chi connectivity index (χ4n) is 2.97. The molecule has 0 aliphatic carbocycles. The Morgan fingerprint density at radius 1 is 1.13 bits per heavy atom. The number of aliphatic carboxylic acids is 2. The maximum atomic E-state index is 12.5. The van der Waals surface area contributed by atoms with Crippen LogP contribution in [0.25, 0.3) is 0 Å². The van der Waals surface area contributed by atoms with Crippen LogP contribution < -0.4 is 0 Å². The Kier molecular flexibility index (Phi) is 8.88. The van der Waals surface area contributed by atoms with Gasteiger partial charge in [0.2, 0.25) is 5.91 Å². The topological polar surface area (TPSA) is 158 Å². The molecular formula is C18H23N3O9S. The van der Waals surface area contributed by atoms with Gasteiger partial charge in [0.15, 0.2) is 5.76 Å². The molecule has 2 amide bonds. The highest BCUT2D eigenvalue weighted by Crippen LogP contribution is 2.22. The SMILES string of the molecule is COC(=O)C1CSCN1C(=O)CN1CCN(C(=O)c2ccco2)CC1.O=C(O)C(=O)O. The molecule has 3 heterocycles. The van der Waals surface area contributed by atoms with Crippen molar-refractivity contribution >= 4 is 41.5 Å². The highest BCUT2D eigenvalue weighted by atomic mass is 32.2. The van der Waals surface area contributed by atoms with E-state index in [0.717, 1.165) is 0 Å². The summed E-state index contributed by atoms with van der Waals surface area (Å²) in [5.41, 5.74) is 0. The van der Waals surface area contributed by atoms with E-state index < -0.39 is 18.0 Å². The van der Waals surface area contributed by atoms with Crippen molar-refractivity contribution in [3.8, 4) is 0 Å². The number of amides is 2. The molecule has 12 nitrogen and oxygen atoms in total. The van der Waals surface area contributed by atoms with Gasteiger partial charge in [0.25, 0.3) is 5.91 Å². The van der Waals surface area contributed by atoms with Crippen molar-refractivity contribution in [3.63, 3.8) is 0 Å². The van der Waals surface area contributed by atoms with E-state index >= 15 is 0 Å². The number of furan rings is 1. The predicted octanol–water partition coefficient (Wildman–Crippen LogP) is -0.732. The van der Waals surface area contributed by atoms with Gasteiger partial charge in [-0.25, -0.2) is 14.4 Å². The van der Waals surface area contributed by atoms with Crippen molar-refractivity contribution in [2.75, 3.05) is 51.5 Å². The highest BCUT2D eigenvalue weighted by molar-refractivity contribution is 7.99. The van der Waals surface area contributed by atoms with Crippen LogP contribution in [0.3, 0.4) is 0 Å². The highest BCUT2D eigenvalue weighted by Gasteiger charge is 2.36. The van der Waals surface area contributed by atoms with Crippen molar-refractivity contribution < 1.29 is 43.3 Å². The monoisotopic (exact) mass is 457 g/mol. The van der Waals surface area contributed by atoms with Crippen LogP contribution in [0.15, 0.2) is 22.8 Å². The van der Waals surface area contributed by atoms with E-state index in [9.17, 15) is 14.4 Å². The fourth-order valence-corrected chi connectivity index (χ4v) is 4.13.